The van der Waals surface area contributed by atoms with Crippen molar-refractivity contribution >= 4 is 15.9 Å². The lowest BCUT2D eigenvalue weighted by Crippen LogP contribution is -2.19. The van der Waals surface area contributed by atoms with E-state index in [0.717, 1.165) is 5.56 Å². The van der Waals surface area contributed by atoms with Crippen molar-refractivity contribution < 1.29 is 14.9 Å². The summed E-state index contributed by atoms with van der Waals surface area (Å²) in [7, 11) is 1.58. The minimum Gasteiger partial charge on any atom is -0.497 e. The Morgan fingerprint density at radius 2 is 2.00 bits per heavy atom. The van der Waals surface area contributed by atoms with Gasteiger partial charge in [0.05, 0.1) is 13.2 Å². The fraction of sp³-hybridized carbons (Fsp3) is 0.455. The van der Waals surface area contributed by atoms with Crippen LogP contribution in [0.4, 0.5) is 0 Å². The molecule has 0 fully saturated rings. The Balaban J connectivity index is 2.97. The highest BCUT2D eigenvalue weighted by Gasteiger charge is 2.17. The summed E-state index contributed by atoms with van der Waals surface area (Å²) in [6, 6.07) is 5.43. The lowest BCUT2D eigenvalue weighted by atomic mass is 10.0. The third-order valence-electron chi connectivity index (χ3n) is 2.17. The van der Waals surface area contributed by atoms with E-state index in [1.807, 2.05) is 19.1 Å². The molecule has 0 aliphatic carbocycles. The van der Waals surface area contributed by atoms with E-state index in [2.05, 4.69) is 15.9 Å². The van der Waals surface area contributed by atoms with Gasteiger partial charge in [-0.1, -0.05) is 22.0 Å². The molecule has 0 radical (unpaired) electrons. The van der Waals surface area contributed by atoms with E-state index >= 15 is 0 Å². The molecule has 1 aromatic carbocycles. The number of hydrogen-bond donors (Lipinski definition) is 2. The number of ether oxygens (including phenoxy) is 1. The number of aliphatic hydroxyl groups excluding tert-OH is 2. The van der Waals surface area contributed by atoms with Crippen LogP contribution in [0.1, 0.15) is 17.2 Å². The predicted octanol–water partition coefficient (Wildman–Crippen LogP) is 1.79. The Morgan fingerprint density at radius 1 is 1.33 bits per heavy atom. The van der Waals surface area contributed by atoms with Crippen molar-refractivity contribution in [1.29, 1.82) is 0 Å². The number of halogens is 1. The quantitative estimate of drug-likeness (QED) is 0.824. The molecular weight excluding hydrogens is 260 g/mol. The lowest BCUT2D eigenvalue weighted by Gasteiger charge is -2.17. The summed E-state index contributed by atoms with van der Waals surface area (Å²) >= 11 is 3.13. The van der Waals surface area contributed by atoms with Crippen molar-refractivity contribution in [3.8, 4) is 5.75 Å². The van der Waals surface area contributed by atoms with E-state index < -0.39 is 12.2 Å². The molecule has 2 atom stereocenters. The van der Waals surface area contributed by atoms with Crippen LogP contribution in [0.5, 0.6) is 5.75 Å². The van der Waals surface area contributed by atoms with Gasteiger partial charge in [-0.15, -0.1) is 0 Å². The van der Waals surface area contributed by atoms with Gasteiger partial charge in [0.25, 0.3) is 0 Å². The maximum atomic E-state index is 9.80. The first kappa shape index (κ1) is 12.5. The normalized spacial score (nSPS) is 14.7. The summed E-state index contributed by atoms with van der Waals surface area (Å²) in [5.41, 5.74) is 1.66. The zero-order chi connectivity index (χ0) is 11.4. The third-order valence-corrected chi connectivity index (χ3v) is 2.84. The second-order valence-corrected chi connectivity index (χ2v) is 4.10. The molecule has 0 amide bonds. The van der Waals surface area contributed by atoms with Crippen molar-refractivity contribution in [2.45, 2.75) is 19.1 Å². The first-order chi connectivity index (χ1) is 7.08. The highest BCUT2D eigenvalue weighted by Crippen LogP contribution is 2.24. The zero-order valence-corrected chi connectivity index (χ0v) is 10.4. The summed E-state index contributed by atoms with van der Waals surface area (Å²) in [5, 5.41) is 19.6. The van der Waals surface area contributed by atoms with Crippen LogP contribution >= 0.6 is 15.9 Å². The van der Waals surface area contributed by atoms with Crippen LogP contribution in [0.3, 0.4) is 0 Å². The van der Waals surface area contributed by atoms with E-state index in [0.29, 0.717) is 16.6 Å². The monoisotopic (exact) mass is 274 g/mol. The van der Waals surface area contributed by atoms with Gasteiger partial charge in [0.1, 0.15) is 11.9 Å². The molecule has 0 saturated heterocycles. The Hall–Kier alpha value is -0.580. The summed E-state index contributed by atoms with van der Waals surface area (Å²) in [6.07, 6.45) is -1.70. The third kappa shape index (κ3) is 3.19. The number of aryl methyl sites for hydroxylation is 1. The molecule has 2 N–H and O–H groups in total. The van der Waals surface area contributed by atoms with E-state index in [4.69, 9.17) is 4.74 Å². The molecule has 0 bridgehead atoms. The zero-order valence-electron chi connectivity index (χ0n) is 8.77. The molecule has 0 heterocycles. The van der Waals surface area contributed by atoms with Crippen molar-refractivity contribution in [3.63, 3.8) is 0 Å². The number of benzene rings is 1. The van der Waals surface area contributed by atoms with E-state index in [1.54, 1.807) is 13.2 Å². The van der Waals surface area contributed by atoms with Gasteiger partial charge in [-0.05, 0) is 30.2 Å². The predicted molar refractivity (Wildman–Crippen MR) is 62.5 cm³/mol. The average molecular weight is 275 g/mol. The molecule has 15 heavy (non-hydrogen) atoms. The summed E-state index contributed by atoms with van der Waals surface area (Å²) in [4.78, 5) is 0. The number of alkyl halides is 1. The van der Waals surface area contributed by atoms with Crippen LogP contribution < -0.4 is 4.74 Å². The number of hydrogen-bond acceptors (Lipinski definition) is 3. The van der Waals surface area contributed by atoms with Gasteiger partial charge < -0.3 is 14.9 Å². The minimum atomic E-state index is -0.891. The van der Waals surface area contributed by atoms with Crippen LogP contribution in [0.25, 0.3) is 0 Å². The molecule has 0 saturated carbocycles. The van der Waals surface area contributed by atoms with Crippen LogP contribution in [0.15, 0.2) is 18.2 Å². The molecule has 1 rings (SSSR count). The molecular formula is C11H15BrO3. The first-order valence-electron chi connectivity index (χ1n) is 4.66. The first-order valence-corrected chi connectivity index (χ1v) is 5.78. The lowest BCUT2D eigenvalue weighted by molar-refractivity contribution is 0.0341. The topological polar surface area (TPSA) is 49.7 Å². The molecule has 0 spiro atoms. The number of methoxy groups -OCH3 is 1. The van der Waals surface area contributed by atoms with Crippen LogP contribution in [-0.2, 0) is 0 Å². The molecule has 1 aromatic rings. The van der Waals surface area contributed by atoms with Crippen molar-refractivity contribution in [2.75, 3.05) is 12.4 Å². The highest BCUT2D eigenvalue weighted by molar-refractivity contribution is 9.09. The Morgan fingerprint density at radius 3 is 2.53 bits per heavy atom. The SMILES string of the molecule is COc1cc(C)cc(C(O)C(O)CBr)c1. The van der Waals surface area contributed by atoms with Gasteiger partial charge >= 0.3 is 0 Å². The summed E-state index contributed by atoms with van der Waals surface area (Å²) in [6.45, 7) is 1.92. The standard InChI is InChI=1S/C11H15BrO3/c1-7-3-8(5-9(4-7)15-2)11(14)10(13)6-12/h3-5,10-11,13-14H,6H2,1-2H3. The molecule has 4 heteroatoms. The van der Waals surface area contributed by atoms with Crippen molar-refractivity contribution in [2.24, 2.45) is 0 Å². The van der Waals surface area contributed by atoms with Gasteiger partial charge in [-0.25, -0.2) is 0 Å². The highest BCUT2D eigenvalue weighted by atomic mass is 79.9. The largest absolute Gasteiger partial charge is 0.497 e. The second kappa shape index (κ2) is 5.49. The average Bonchev–Trinajstić information content (AvgIpc) is 2.26. The Kier molecular flexibility index (Phi) is 4.57. The Labute approximate surface area is 97.8 Å². The Bertz CT molecular complexity index is 328. The molecule has 84 valence electrons. The number of aliphatic hydroxyl groups is 2. The van der Waals surface area contributed by atoms with E-state index in [1.165, 1.54) is 0 Å². The van der Waals surface area contributed by atoms with Gasteiger partial charge in [0.2, 0.25) is 0 Å². The molecule has 0 aliphatic heterocycles. The fourth-order valence-corrected chi connectivity index (χ4v) is 1.73. The van der Waals surface area contributed by atoms with Crippen molar-refractivity contribution in [3.05, 3.63) is 29.3 Å². The smallest absolute Gasteiger partial charge is 0.119 e. The van der Waals surface area contributed by atoms with Gasteiger partial charge in [0, 0.05) is 5.33 Å². The molecule has 0 aromatic heterocycles. The second-order valence-electron chi connectivity index (χ2n) is 3.45. The van der Waals surface area contributed by atoms with E-state index in [-0.39, 0.29) is 0 Å². The fourth-order valence-electron chi connectivity index (χ4n) is 1.37. The van der Waals surface area contributed by atoms with Gasteiger partial charge in [-0.2, -0.15) is 0 Å². The molecule has 0 aliphatic rings. The van der Waals surface area contributed by atoms with Crippen LogP contribution in [-0.4, -0.2) is 28.8 Å². The van der Waals surface area contributed by atoms with Crippen LogP contribution in [0.2, 0.25) is 0 Å². The molecule has 3 nitrogen and oxygen atoms in total. The summed E-state index contributed by atoms with van der Waals surface area (Å²) in [5.74, 6) is 0.686. The van der Waals surface area contributed by atoms with Gasteiger partial charge in [-0.3, -0.25) is 0 Å². The summed E-state index contributed by atoms with van der Waals surface area (Å²) < 4.78 is 5.09. The van der Waals surface area contributed by atoms with Gasteiger partial charge in [0.15, 0.2) is 0 Å². The maximum Gasteiger partial charge on any atom is 0.119 e. The maximum absolute atomic E-state index is 9.80. The molecule has 2 unspecified atom stereocenters. The van der Waals surface area contributed by atoms with E-state index in [9.17, 15) is 10.2 Å². The van der Waals surface area contributed by atoms with Crippen molar-refractivity contribution in [1.82, 2.24) is 0 Å². The number of rotatable bonds is 4. The van der Waals surface area contributed by atoms with Crippen LogP contribution in [0, 0.1) is 6.92 Å². The minimum absolute atomic E-state index is 0.338.